The first-order valence-electron chi connectivity index (χ1n) is 10.2. The van der Waals surface area contributed by atoms with Crippen molar-refractivity contribution in [3.63, 3.8) is 0 Å². The minimum absolute atomic E-state index is 0.0899. The van der Waals surface area contributed by atoms with Crippen molar-refractivity contribution in [2.24, 2.45) is 14.1 Å². The van der Waals surface area contributed by atoms with Gasteiger partial charge in [-0.1, -0.05) is 0 Å². The number of nitrogens with zero attached hydrogens (tertiary/aromatic N) is 5. The fourth-order valence-electron chi connectivity index (χ4n) is 3.99. The number of nitrogens with one attached hydrogen (secondary N) is 1. The Kier molecular flexibility index (Phi) is 5.64. The molecule has 0 radical (unpaired) electrons. The summed E-state index contributed by atoms with van der Waals surface area (Å²) in [6.45, 7) is 1.75. The van der Waals surface area contributed by atoms with Crippen molar-refractivity contribution < 1.29 is 9.53 Å². The molecule has 1 fully saturated rings. The average molecular weight is 426 g/mol. The summed E-state index contributed by atoms with van der Waals surface area (Å²) in [4.78, 5) is 43.5. The van der Waals surface area contributed by atoms with Crippen LogP contribution in [0.4, 0.5) is 11.4 Å². The third-order valence-electron chi connectivity index (χ3n) is 5.76. The van der Waals surface area contributed by atoms with E-state index < -0.39 is 11.2 Å². The summed E-state index contributed by atoms with van der Waals surface area (Å²) in [5.41, 5.74) is 1.28. The van der Waals surface area contributed by atoms with Crippen LogP contribution in [0.2, 0.25) is 0 Å². The number of methoxy groups -OCH3 is 1. The SMILES string of the molecule is COC1CCCN(c2ccc(NC(=O)Cn3cnc4c3c(=O)n(C)c(=O)n4C)cc2)C1. The summed E-state index contributed by atoms with van der Waals surface area (Å²) in [6, 6.07) is 7.67. The number of amides is 1. The molecule has 31 heavy (non-hydrogen) atoms. The molecule has 1 saturated heterocycles. The largest absolute Gasteiger partial charge is 0.380 e. The van der Waals surface area contributed by atoms with E-state index in [2.05, 4.69) is 15.2 Å². The van der Waals surface area contributed by atoms with Crippen molar-refractivity contribution in [2.45, 2.75) is 25.5 Å². The minimum Gasteiger partial charge on any atom is -0.380 e. The molecule has 0 bridgehead atoms. The maximum atomic E-state index is 12.6. The van der Waals surface area contributed by atoms with Gasteiger partial charge in [-0.3, -0.25) is 18.7 Å². The second kappa shape index (κ2) is 8.38. The first-order chi connectivity index (χ1) is 14.9. The van der Waals surface area contributed by atoms with E-state index in [1.54, 1.807) is 14.2 Å². The van der Waals surface area contributed by atoms with E-state index >= 15 is 0 Å². The molecule has 2 aromatic heterocycles. The normalized spacial score (nSPS) is 16.6. The molecule has 0 saturated carbocycles. The first-order valence-corrected chi connectivity index (χ1v) is 10.2. The van der Waals surface area contributed by atoms with Crippen molar-refractivity contribution in [1.82, 2.24) is 18.7 Å². The standard InChI is InChI=1S/C21H26N6O4/c1-24-19-18(20(29)25(2)21(24)30)27(13-22-19)12-17(28)23-14-6-8-15(9-7-14)26-10-4-5-16(11-26)31-3/h6-9,13,16H,4-5,10-12H2,1-3H3,(H,23,28). The third kappa shape index (κ3) is 3.98. The second-order valence-electron chi connectivity index (χ2n) is 7.79. The molecule has 0 aliphatic carbocycles. The Morgan fingerprint density at radius 2 is 1.94 bits per heavy atom. The molecule has 3 heterocycles. The monoisotopic (exact) mass is 426 g/mol. The first kappa shape index (κ1) is 20.9. The van der Waals surface area contributed by atoms with Crippen LogP contribution < -0.4 is 21.5 Å². The number of hydrogen-bond donors (Lipinski definition) is 1. The number of aryl methyl sites for hydroxylation is 1. The molecule has 4 rings (SSSR count). The minimum atomic E-state index is -0.483. The van der Waals surface area contributed by atoms with Gasteiger partial charge in [0.15, 0.2) is 11.2 Å². The molecule has 164 valence electrons. The number of fused-ring (bicyclic) bond motifs is 1. The van der Waals surface area contributed by atoms with Gasteiger partial charge in [0.05, 0.1) is 12.4 Å². The van der Waals surface area contributed by atoms with Gasteiger partial charge in [0, 0.05) is 45.7 Å². The summed E-state index contributed by atoms with van der Waals surface area (Å²) < 4.78 is 9.23. The van der Waals surface area contributed by atoms with Crippen molar-refractivity contribution >= 4 is 28.4 Å². The number of anilines is 2. The zero-order valence-corrected chi connectivity index (χ0v) is 17.9. The number of hydrogen-bond acceptors (Lipinski definition) is 6. The van der Waals surface area contributed by atoms with Crippen molar-refractivity contribution in [3.05, 3.63) is 51.4 Å². The van der Waals surface area contributed by atoms with Gasteiger partial charge >= 0.3 is 5.69 Å². The average Bonchev–Trinajstić information content (AvgIpc) is 3.20. The summed E-state index contributed by atoms with van der Waals surface area (Å²) >= 11 is 0. The zero-order chi connectivity index (χ0) is 22.1. The number of carbonyl (C=O) groups is 1. The maximum Gasteiger partial charge on any atom is 0.332 e. The van der Waals surface area contributed by atoms with E-state index in [-0.39, 0.29) is 29.7 Å². The Balaban J connectivity index is 1.47. The van der Waals surface area contributed by atoms with Crippen LogP contribution in [0.25, 0.3) is 11.2 Å². The highest BCUT2D eigenvalue weighted by molar-refractivity contribution is 5.91. The number of ether oxygens (including phenoxy) is 1. The van der Waals surface area contributed by atoms with E-state index in [1.165, 1.54) is 22.5 Å². The Labute approximate surface area is 178 Å². The highest BCUT2D eigenvalue weighted by Gasteiger charge is 2.20. The third-order valence-corrected chi connectivity index (χ3v) is 5.76. The maximum absolute atomic E-state index is 12.6. The van der Waals surface area contributed by atoms with Gasteiger partial charge in [0.2, 0.25) is 5.91 Å². The van der Waals surface area contributed by atoms with E-state index in [0.29, 0.717) is 5.69 Å². The molecule has 1 unspecified atom stereocenters. The van der Waals surface area contributed by atoms with Crippen LogP contribution in [0.3, 0.4) is 0 Å². The number of carbonyl (C=O) groups excluding carboxylic acids is 1. The molecule has 10 heteroatoms. The van der Waals surface area contributed by atoms with Crippen molar-refractivity contribution in [1.29, 1.82) is 0 Å². The predicted molar refractivity (Wildman–Crippen MR) is 118 cm³/mol. The molecule has 3 aromatic rings. The quantitative estimate of drug-likeness (QED) is 0.644. The van der Waals surface area contributed by atoms with Crippen LogP contribution in [0.5, 0.6) is 0 Å². The van der Waals surface area contributed by atoms with Crippen LogP contribution in [-0.4, -0.2) is 50.9 Å². The Bertz CT molecular complexity index is 1220. The predicted octanol–water partition coefficient (Wildman–Crippen LogP) is 0.688. The van der Waals surface area contributed by atoms with E-state index in [4.69, 9.17) is 4.74 Å². The lowest BCUT2D eigenvalue weighted by atomic mass is 10.1. The van der Waals surface area contributed by atoms with Gasteiger partial charge in [0.25, 0.3) is 5.56 Å². The lowest BCUT2D eigenvalue weighted by Crippen LogP contribution is -2.39. The highest BCUT2D eigenvalue weighted by atomic mass is 16.5. The van der Waals surface area contributed by atoms with Crippen molar-refractivity contribution in [3.8, 4) is 0 Å². The van der Waals surface area contributed by atoms with Gasteiger partial charge in [-0.15, -0.1) is 0 Å². The molecule has 1 N–H and O–H groups in total. The van der Waals surface area contributed by atoms with Gasteiger partial charge in [0.1, 0.15) is 6.54 Å². The van der Waals surface area contributed by atoms with Gasteiger partial charge in [-0.25, -0.2) is 9.78 Å². The second-order valence-corrected chi connectivity index (χ2v) is 7.79. The molecule has 0 spiro atoms. The summed E-state index contributed by atoms with van der Waals surface area (Å²) in [5, 5.41) is 2.85. The molecule has 1 aromatic carbocycles. The highest BCUT2D eigenvalue weighted by Crippen LogP contribution is 2.23. The van der Waals surface area contributed by atoms with E-state index in [9.17, 15) is 14.4 Å². The summed E-state index contributed by atoms with van der Waals surface area (Å²) in [5.74, 6) is -0.291. The Hall–Kier alpha value is -3.40. The molecular weight excluding hydrogens is 400 g/mol. The topological polar surface area (TPSA) is 103 Å². The number of benzene rings is 1. The number of piperidine rings is 1. The summed E-state index contributed by atoms with van der Waals surface area (Å²) in [6.07, 6.45) is 3.80. The van der Waals surface area contributed by atoms with Crippen LogP contribution in [0.15, 0.2) is 40.2 Å². The number of aromatic nitrogens is 4. The Morgan fingerprint density at radius 1 is 1.19 bits per heavy atom. The number of rotatable bonds is 5. The van der Waals surface area contributed by atoms with Crippen LogP contribution in [-0.2, 0) is 30.2 Å². The number of imidazole rings is 1. The summed E-state index contributed by atoms with van der Waals surface area (Å²) in [7, 11) is 4.69. The Morgan fingerprint density at radius 3 is 2.65 bits per heavy atom. The molecule has 1 amide bonds. The zero-order valence-electron chi connectivity index (χ0n) is 17.9. The van der Waals surface area contributed by atoms with Crippen LogP contribution in [0, 0.1) is 0 Å². The van der Waals surface area contributed by atoms with Crippen molar-refractivity contribution in [2.75, 3.05) is 30.4 Å². The fraction of sp³-hybridized carbons (Fsp3) is 0.429. The van der Waals surface area contributed by atoms with Gasteiger partial charge < -0.3 is 19.5 Å². The molecule has 1 aliphatic heterocycles. The molecule has 1 aliphatic rings. The lowest BCUT2D eigenvalue weighted by molar-refractivity contribution is -0.116. The van der Waals surface area contributed by atoms with E-state index in [1.807, 2.05) is 24.3 Å². The van der Waals surface area contributed by atoms with Crippen LogP contribution in [0.1, 0.15) is 12.8 Å². The van der Waals surface area contributed by atoms with Crippen LogP contribution >= 0.6 is 0 Å². The molecule has 10 nitrogen and oxygen atoms in total. The lowest BCUT2D eigenvalue weighted by Gasteiger charge is -2.33. The molecule has 1 atom stereocenters. The van der Waals surface area contributed by atoms with Gasteiger partial charge in [-0.05, 0) is 37.1 Å². The molecular formula is C21H26N6O4. The smallest absolute Gasteiger partial charge is 0.332 e. The fourth-order valence-corrected chi connectivity index (χ4v) is 3.99. The van der Waals surface area contributed by atoms with E-state index in [0.717, 1.165) is 36.2 Å². The van der Waals surface area contributed by atoms with Gasteiger partial charge in [-0.2, -0.15) is 0 Å².